The maximum absolute atomic E-state index is 12.7. The Bertz CT molecular complexity index is 1350. The highest BCUT2D eigenvalue weighted by molar-refractivity contribution is 6.03. The summed E-state index contributed by atoms with van der Waals surface area (Å²) in [5, 5.41) is 11.7. The van der Waals surface area contributed by atoms with Crippen LogP contribution in [-0.2, 0) is 22.5 Å². The van der Waals surface area contributed by atoms with Crippen molar-refractivity contribution in [2.24, 2.45) is 0 Å². The average molecular weight is 575 g/mol. The molecule has 3 aromatic rings. The number of amides is 2. The summed E-state index contributed by atoms with van der Waals surface area (Å²) < 4.78 is 16.9. The second kappa shape index (κ2) is 13.9. The minimum atomic E-state index is -0.876. The normalized spacial score (nSPS) is 16.0. The third kappa shape index (κ3) is 8.27. The number of aromatic nitrogens is 1. The molecule has 0 spiro atoms. The first-order chi connectivity index (χ1) is 20.4. The van der Waals surface area contributed by atoms with Crippen LogP contribution in [0, 0.1) is 0 Å². The number of benzene rings is 2. The molecule has 2 aliphatic rings. The number of anilines is 1. The smallest absolute Gasteiger partial charge is 0.415 e. The highest BCUT2D eigenvalue weighted by Gasteiger charge is 2.25. The van der Waals surface area contributed by atoms with Gasteiger partial charge < -0.3 is 29.5 Å². The van der Waals surface area contributed by atoms with E-state index in [0.717, 1.165) is 38.4 Å². The van der Waals surface area contributed by atoms with Crippen LogP contribution in [0.3, 0.4) is 0 Å². The molecule has 3 heterocycles. The molecule has 42 heavy (non-hydrogen) atoms. The highest BCUT2D eigenvalue weighted by atomic mass is 16.6. The van der Waals surface area contributed by atoms with Crippen LogP contribution in [0.25, 0.3) is 0 Å². The highest BCUT2D eigenvalue weighted by Crippen LogP contribution is 2.21. The molecule has 0 saturated carbocycles. The Labute approximate surface area is 244 Å². The van der Waals surface area contributed by atoms with E-state index in [0.29, 0.717) is 48.6 Å². The van der Waals surface area contributed by atoms with Crippen LogP contribution < -0.4 is 14.8 Å². The molecule has 1 aromatic heterocycles. The predicted octanol–water partition coefficient (Wildman–Crippen LogP) is 3.84. The zero-order chi connectivity index (χ0) is 29.3. The van der Waals surface area contributed by atoms with Gasteiger partial charge in [0.25, 0.3) is 5.91 Å². The van der Waals surface area contributed by atoms with Gasteiger partial charge in [-0.25, -0.2) is 9.78 Å². The van der Waals surface area contributed by atoms with Gasteiger partial charge in [-0.3, -0.25) is 14.5 Å². The number of hydrogen-bond donors (Lipinski definition) is 2. The maximum Gasteiger partial charge on any atom is 0.415 e. The fourth-order valence-electron chi connectivity index (χ4n) is 4.86. The molecule has 11 heteroatoms. The molecule has 2 aliphatic heterocycles. The first-order valence-electron chi connectivity index (χ1n) is 14.0. The quantitative estimate of drug-likeness (QED) is 0.391. The molecule has 2 saturated heterocycles. The standard InChI is InChI=1S/C31H34N4O7/c36-29(37)19-22-3-7-25(8-4-22)41-26-11-13-35(14-12-26)31(39)42-27-9-10-28(32-20-27)33-30(38)24-5-1-23(2-6-24)21-34-15-17-40-18-16-34/h1-10,20,26H,11-19,21H2,(H,36,37)(H,32,33,38). The van der Waals surface area contributed by atoms with Gasteiger partial charge in [0, 0.05) is 51.1 Å². The lowest BCUT2D eigenvalue weighted by Gasteiger charge is -2.31. The Balaban J connectivity index is 1.04. The molecule has 0 unspecified atom stereocenters. The van der Waals surface area contributed by atoms with Gasteiger partial charge in [-0.05, 0) is 47.5 Å². The minimum Gasteiger partial charge on any atom is -0.490 e. The number of carbonyl (C=O) groups is 3. The molecule has 0 aliphatic carbocycles. The van der Waals surface area contributed by atoms with Crippen molar-refractivity contribution in [2.45, 2.75) is 31.9 Å². The molecule has 2 N–H and O–H groups in total. The largest absolute Gasteiger partial charge is 0.490 e. The van der Waals surface area contributed by atoms with Crippen LogP contribution in [0.15, 0.2) is 66.9 Å². The van der Waals surface area contributed by atoms with Gasteiger partial charge in [0.15, 0.2) is 5.75 Å². The van der Waals surface area contributed by atoms with Crippen LogP contribution in [0.2, 0.25) is 0 Å². The summed E-state index contributed by atoms with van der Waals surface area (Å²) in [5.74, 6) is 0.158. The first-order valence-corrected chi connectivity index (χ1v) is 14.0. The lowest BCUT2D eigenvalue weighted by atomic mass is 10.1. The van der Waals surface area contributed by atoms with Gasteiger partial charge in [0.05, 0.1) is 25.8 Å². The van der Waals surface area contributed by atoms with Gasteiger partial charge in [-0.15, -0.1) is 0 Å². The van der Waals surface area contributed by atoms with Crippen LogP contribution in [0.5, 0.6) is 11.5 Å². The van der Waals surface area contributed by atoms with Crippen molar-refractivity contribution in [3.63, 3.8) is 0 Å². The number of carboxylic acid groups (broad SMARTS) is 1. The monoisotopic (exact) mass is 574 g/mol. The van der Waals surface area contributed by atoms with E-state index < -0.39 is 12.1 Å². The summed E-state index contributed by atoms with van der Waals surface area (Å²) in [6.07, 6.45) is 2.14. The molecule has 0 bridgehead atoms. The van der Waals surface area contributed by atoms with E-state index in [1.807, 2.05) is 12.1 Å². The van der Waals surface area contributed by atoms with Gasteiger partial charge in [-0.1, -0.05) is 24.3 Å². The maximum atomic E-state index is 12.7. The fourth-order valence-corrected chi connectivity index (χ4v) is 4.86. The van der Waals surface area contributed by atoms with Crippen molar-refractivity contribution >= 4 is 23.8 Å². The van der Waals surface area contributed by atoms with Crippen LogP contribution in [-0.4, -0.2) is 83.4 Å². The minimum absolute atomic E-state index is 0.0294. The van der Waals surface area contributed by atoms with E-state index in [-0.39, 0.29) is 24.2 Å². The van der Waals surface area contributed by atoms with Crippen molar-refractivity contribution in [3.05, 3.63) is 83.6 Å². The molecule has 2 amide bonds. The molecule has 2 fully saturated rings. The van der Waals surface area contributed by atoms with Crippen LogP contribution in [0.1, 0.15) is 34.3 Å². The van der Waals surface area contributed by atoms with Gasteiger partial charge >= 0.3 is 12.1 Å². The third-order valence-electron chi connectivity index (χ3n) is 7.19. The van der Waals surface area contributed by atoms with Crippen molar-refractivity contribution in [1.82, 2.24) is 14.8 Å². The van der Waals surface area contributed by atoms with Crippen molar-refractivity contribution < 1.29 is 33.7 Å². The number of carboxylic acids is 1. The van der Waals surface area contributed by atoms with Gasteiger partial charge in [0.2, 0.25) is 0 Å². The molecule has 5 rings (SSSR count). The molecule has 2 aromatic carbocycles. The topological polar surface area (TPSA) is 131 Å². The molecular weight excluding hydrogens is 540 g/mol. The van der Waals surface area contributed by atoms with E-state index >= 15 is 0 Å². The van der Waals surface area contributed by atoms with Crippen LogP contribution >= 0.6 is 0 Å². The van der Waals surface area contributed by atoms with E-state index in [4.69, 9.17) is 19.3 Å². The number of morpholine rings is 1. The molecule has 0 atom stereocenters. The van der Waals surface area contributed by atoms with E-state index in [2.05, 4.69) is 15.2 Å². The first kappa shape index (κ1) is 29.0. The summed E-state index contributed by atoms with van der Waals surface area (Å²) in [5.41, 5.74) is 2.38. The fraction of sp³-hybridized carbons (Fsp3) is 0.355. The number of aliphatic carboxylic acids is 1. The lowest BCUT2D eigenvalue weighted by Crippen LogP contribution is -2.43. The Morgan fingerprint density at radius 1 is 0.881 bits per heavy atom. The van der Waals surface area contributed by atoms with E-state index in [1.165, 1.54) is 6.20 Å². The van der Waals surface area contributed by atoms with E-state index in [1.54, 1.807) is 53.4 Å². The lowest BCUT2D eigenvalue weighted by molar-refractivity contribution is -0.136. The van der Waals surface area contributed by atoms with Crippen molar-refractivity contribution in [1.29, 1.82) is 0 Å². The molecule has 11 nitrogen and oxygen atoms in total. The van der Waals surface area contributed by atoms with Gasteiger partial charge in [-0.2, -0.15) is 0 Å². The zero-order valence-electron chi connectivity index (χ0n) is 23.2. The molecule has 0 radical (unpaired) electrons. The number of piperidine rings is 1. The second-order valence-corrected chi connectivity index (χ2v) is 10.3. The number of pyridine rings is 1. The number of nitrogens with zero attached hydrogens (tertiary/aromatic N) is 3. The van der Waals surface area contributed by atoms with E-state index in [9.17, 15) is 14.4 Å². The molecular formula is C31H34N4O7. The van der Waals surface area contributed by atoms with Gasteiger partial charge in [0.1, 0.15) is 17.7 Å². The Hall–Kier alpha value is -4.48. The Morgan fingerprint density at radius 2 is 1.55 bits per heavy atom. The SMILES string of the molecule is O=C(O)Cc1ccc(OC2CCN(C(=O)Oc3ccc(NC(=O)c4ccc(CN5CCOCC5)cc4)nc3)CC2)cc1. The Kier molecular flexibility index (Phi) is 9.62. The van der Waals surface area contributed by atoms with Crippen molar-refractivity contribution in [3.8, 4) is 11.5 Å². The third-order valence-corrected chi connectivity index (χ3v) is 7.19. The predicted molar refractivity (Wildman–Crippen MR) is 154 cm³/mol. The molecule has 220 valence electrons. The number of carbonyl (C=O) groups excluding carboxylic acids is 2. The summed E-state index contributed by atoms with van der Waals surface area (Å²) in [6.45, 7) is 5.09. The van der Waals surface area contributed by atoms with Crippen molar-refractivity contribution in [2.75, 3.05) is 44.7 Å². The number of nitrogens with one attached hydrogen (secondary N) is 1. The Morgan fingerprint density at radius 3 is 2.19 bits per heavy atom. The summed E-state index contributed by atoms with van der Waals surface area (Å²) in [4.78, 5) is 44.3. The zero-order valence-corrected chi connectivity index (χ0v) is 23.2. The number of ether oxygens (including phenoxy) is 3. The number of likely N-dealkylation sites (tertiary alicyclic amines) is 1. The van der Waals surface area contributed by atoms with Crippen LogP contribution in [0.4, 0.5) is 10.6 Å². The summed E-state index contributed by atoms with van der Waals surface area (Å²) in [7, 11) is 0. The number of hydrogen-bond acceptors (Lipinski definition) is 8. The summed E-state index contributed by atoms with van der Waals surface area (Å²) in [6, 6.07) is 17.7. The summed E-state index contributed by atoms with van der Waals surface area (Å²) >= 11 is 0. The number of rotatable bonds is 9. The second-order valence-electron chi connectivity index (χ2n) is 10.3. The average Bonchev–Trinajstić information content (AvgIpc) is 3.00.